The first-order valence-electron chi connectivity index (χ1n) is 24.5. The molecule has 9 atom stereocenters. The lowest BCUT2D eigenvalue weighted by Gasteiger charge is -2.33. The van der Waals surface area contributed by atoms with E-state index in [1.807, 2.05) is 20.8 Å². The average Bonchev–Trinajstić information content (AvgIpc) is 3.34. The molecule has 72 heavy (non-hydrogen) atoms. The second kappa shape index (κ2) is 28.6. The number of carbonyl (C=O) groups is 8. The number of rotatable bonds is 11. The summed E-state index contributed by atoms with van der Waals surface area (Å²) in [5.41, 5.74) is 2.15. The van der Waals surface area contributed by atoms with Crippen molar-refractivity contribution in [3.63, 3.8) is 0 Å². The maximum atomic E-state index is 14.3. The lowest BCUT2D eigenvalue weighted by atomic mass is 9.90. The van der Waals surface area contributed by atoms with E-state index in [1.54, 1.807) is 70.2 Å². The highest BCUT2D eigenvalue weighted by atomic mass is 35.5. The van der Waals surface area contributed by atoms with Crippen molar-refractivity contribution in [1.29, 1.82) is 0 Å². The van der Waals surface area contributed by atoms with Gasteiger partial charge in [-0.05, 0) is 100 Å². The van der Waals surface area contributed by atoms with E-state index in [2.05, 4.69) is 21.3 Å². The highest BCUT2D eigenvalue weighted by Crippen LogP contribution is 2.26. The van der Waals surface area contributed by atoms with Crippen LogP contribution < -0.4 is 21.3 Å². The minimum Gasteiger partial charge on any atom is -0.508 e. The van der Waals surface area contributed by atoms with Gasteiger partial charge in [-0.25, -0.2) is 14.4 Å². The molecule has 0 aromatic heterocycles. The largest absolute Gasteiger partial charge is 0.508 e. The van der Waals surface area contributed by atoms with Gasteiger partial charge in [-0.15, -0.1) is 0 Å². The van der Waals surface area contributed by atoms with Gasteiger partial charge in [0.1, 0.15) is 42.1 Å². The summed E-state index contributed by atoms with van der Waals surface area (Å²) >= 11 is 6.15. The first-order chi connectivity index (χ1) is 33.9. The summed E-state index contributed by atoms with van der Waals surface area (Å²) in [7, 11) is 2.79. The highest BCUT2D eigenvalue weighted by molar-refractivity contribution is 6.30. The predicted molar refractivity (Wildman–Crippen MR) is 272 cm³/mol. The summed E-state index contributed by atoms with van der Waals surface area (Å²) in [6, 6.07) is 8.40. The molecule has 1 aliphatic rings. The summed E-state index contributed by atoms with van der Waals surface area (Å²) in [5, 5.41) is 20.9. The van der Waals surface area contributed by atoms with Crippen molar-refractivity contribution in [3.05, 3.63) is 88.0 Å². The fourth-order valence-corrected chi connectivity index (χ4v) is 7.97. The maximum absolute atomic E-state index is 14.3. The standard InChI is InChI=1S/C53H75ClN6O12/c1-13-31(5)45-48(64)57-36(10)52(68)72-46(32(6)14-2)34(8)42(71-53(69)55-26-25-37-18-22-40(61)23-19-37)24-15-33(7)51(67)70-43(27-30(3)4)47(63)56-35(9)49(65)60(12)41(28-38-16-20-39(54)21-17-38)50(66)59(11)29-44(62)58-45/h14-23,30-31,34-36,41-43,45-46,61H,13,24-29H2,1-12H3,(H,55,69)(H,56,63)(H,57,64)(H,58,62)/b32-14+,33-15+/t31-,34+,35+,36-,41-,42+,43-,45+,46-/m1/s1. The van der Waals surface area contributed by atoms with Crippen LogP contribution in [-0.2, 0) is 60.6 Å². The van der Waals surface area contributed by atoms with Crippen molar-refractivity contribution in [2.75, 3.05) is 27.2 Å². The number of amides is 6. The van der Waals surface area contributed by atoms with Crippen molar-refractivity contribution in [3.8, 4) is 5.75 Å². The Morgan fingerprint density at radius 1 is 0.889 bits per heavy atom. The van der Waals surface area contributed by atoms with Gasteiger partial charge in [0.15, 0.2) is 6.10 Å². The van der Waals surface area contributed by atoms with Crippen molar-refractivity contribution in [1.82, 2.24) is 31.1 Å². The number of benzene rings is 2. The molecule has 1 heterocycles. The first-order valence-corrected chi connectivity index (χ1v) is 24.8. The van der Waals surface area contributed by atoms with E-state index < -0.39 is 108 Å². The maximum Gasteiger partial charge on any atom is 0.407 e. The van der Waals surface area contributed by atoms with Gasteiger partial charge >= 0.3 is 18.0 Å². The second-order valence-corrected chi connectivity index (χ2v) is 19.5. The number of likely N-dealkylation sites (N-methyl/N-ethyl adjacent to an activating group) is 2. The van der Waals surface area contributed by atoms with Gasteiger partial charge in [-0.3, -0.25) is 24.0 Å². The molecule has 0 saturated carbocycles. The Hall–Kier alpha value is -6.43. The molecular weight excluding hydrogens is 948 g/mol. The summed E-state index contributed by atoms with van der Waals surface area (Å²) in [5.74, 6) is -6.31. The van der Waals surface area contributed by atoms with Crippen molar-refractivity contribution >= 4 is 59.2 Å². The number of phenols is 1. The van der Waals surface area contributed by atoms with E-state index >= 15 is 0 Å². The van der Waals surface area contributed by atoms with Crippen LogP contribution in [0.1, 0.15) is 99.6 Å². The van der Waals surface area contributed by atoms with Gasteiger partial charge in [0, 0.05) is 50.0 Å². The van der Waals surface area contributed by atoms with Crippen LogP contribution in [0.15, 0.2) is 71.8 Å². The molecule has 2 aromatic rings. The third-order valence-electron chi connectivity index (χ3n) is 12.7. The van der Waals surface area contributed by atoms with Crippen LogP contribution in [0.25, 0.3) is 0 Å². The van der Waals surface area contributed by atoms with Crippen LogP contribution in [0.5, 0.6) is 5.75 Å². The number of nitrogens with zero attached hydrogens (tertiary/aromatic N) is 2. The average molecular weight is 1020 g/mol. The molecular formula is C53H75ClN6O12. The Morgan fingerprint density at radius 2 is 1.50 bits per heavy atom. The number of carbonyl (C=O) groups excluding carboxylic acids is 8. The number of aromatic hydroxyl groups is 1. The molecule has 5 N–H and O–H groups in total. The summed E-state index contributed by atoms with van der Waals surface area (Å²) in [6.07, 6.45) is -0.0839. The Balaban J connectivity index is 2.10. The van der Waals surface area contributed by atoms with E-state index in [9.17, 15) is 43.5 Å². The van der Waals surface area contributed by atoms with Crippen LogP contribution in [-0.4, -0.2) is 132 Å². The van der Waals surface area contributed by atoms with Gasteiger partial charge in [-0.1, -0.05) is 89.1 Å². The van der Waals surface area contributed by atoms with Gasteiger partial charge < -0.3 is 50.4 Å². The molecule has 19 heteroatoms. The number of phenolic OH excluding ortho intramolecular Hbond substituents is 1. The van der Waals surface area contributed by atoms with Gasteiger partial charge in [-0.2, -0.15) is 0 Å². The third kappa shape index (κ3) is 18.3. The number of hydrogen-bond acceptors (Lipinski definition) is 12. The van der Waals surface area contributed by atoms with Crippen LogP contribution in [0.3, 0.4) is 0 Å². The Labute approximate surface area is 429 Å². The Morgan fingerprint density at radius 3 is 2.10 bits per heavy atom. The molecule has 0 saturated heterocycles. The molecule has 6 amide bonds. The molecule has 396 valence electrons. The van der Waals surface area contributed by atoms with Gasteiger partial charge in [0.05, 0.1) is 6.54 Å². The molecule has 0 radical (unpaired) electrons. The van der Waals surface area contributed by atoms with E-state index in [1.165, 1.54) is 58.0 Å². The summed E-state index contributed by atoms with van der Waals surface area (Å²) in [4.78, 5) is 113. The molecule has 0 bridgehead atoms. The SMILES string of the molecule is C/C=C(\C)[C@H]1OC(=O)[C@@H](C)NC(=O)[C@H]([C@H](C)CC)NC(=O)CN(C)C(=O)[C@@H](Cc2ccc(Cl)cc2)N(C)C(=O)[C@H](C)NC(=O)[C@@H](CC(C)C)OC(=O)/C(C)=C/C[C@H](OC(=O)NCCc2ccc(O)cc2)[C@@H]1C. The minimum absolute atomic E-state index is 0.000744. The second-order valence-electron chi connectivity index (χ2n) is 19.1. The van der Waals surface area contributed by atoms with E-state index in [4.69, 9.17) is 25.8 Å². The van der Waals surface area contributed by atoms with E-state index in [-0.39, 0.29) is 43.0 Å². The number of cyclic esters (lactones) is 2. The van der Waals surface area contributed by atoms with Crippen LogP contribution in [0.2, 0.25) is 5.02 Å². The normalized spacial score (nSPS) is 25.6. The monoisotopic (exact) mass is 1020 g/mol. The first kappa shape index (κ1) is 59.9. The van der Waals surface area contributed by atoms with E-state index in [0.717, 1.165) is 10.5 Å². The Bertz CT molecular complexity index is 2270. The van der Waals surface area contributed by atoms with Crippen LogP contribution in [0, 0.1) is 17.8 Å². The number of alkyl carbamates (subject to hydrolysis) is 1. The lowest BCUT2D eigenvalue weighted by molar-refractivity contribution is -0.155. The zero-order chi connectivity index (χ0) is 54.0. The third-order valence-corrected chi connectivity index (χ3v) is 13.0. The molecule has 0 unspecified atom stereocenters. The van der Waals surface area contributed by atoms with Crippen LogP contribution >= 0.6 is 11.6 Å². The smallest absolute Gasteiger partial charge is 0.407 e. The number of hydrogen-bond donors (Lipinski definition) is 5. The van der Waals surface area contributed by atoms with Crippen LogP contribution in [0.4, 0.5) is 4.79 Å². The highest BCUT2D eigenvalue weighted by Gasteiger charge is 2.37. The predicted octanol–water partition coefficient (Wildman–Crippen LogP) is 5.57. The number of ether oxygens (including phenoxy) is 3. The molecule has 1 aliphatic heterocycles. The molecule has 2 aromatic carbocycles. The number of nitrogens with one attached hydrogen (secondary N) is 4. The van der Waals surface area contributed by atoms with Gasteiger partial charge in [0.2, 0.25) is 23.6 Å². The fourth-order valence-electron chi connectivity index (χ4n) is 7.85. The van der Waals surface area contributed by atoms with Crippen molar-refractivity contribution < 1.29 is 57.7 Å². The number of allylic oxidation sites excluding steroid dienone is 1. The lowest BCUT2D eigenvalue weighted by Crippen LogP contribution is -2.57. The van der Waals surface area contributed by atoms with Crippen molar-refractivity contribution in [2.45, 2.75) is 144 Å². The zero-order valence-electron chi connectivity index (χ0n) is 43.7. The molecule has 0 aliphatic carbocycles. The number of halogens is 1. The van der Waals surface area contributed by atoms with Crippen molar-refractivity contribution in [2.24, 2.45) is 17.8 Å². The minimum atomic E-state index is -1.34. The Kier molecular flexibility index (Phi) is 23.8. The summed E-state index contributed by atoms with van der Waals surface area (Å²) < 4.78 is 17.9. The quantitative estimate of drug-likeness (QED) is 0.106. The van der Waals surface area contributed by atoms with Gasteiger partial charge in [0.25, 0.3) is 5.91 Å². The van der Waals surface area contributed by atoms with E-state index in [0.29, 0.717) is 29.0 Å². The molecule has 0 fully saturated rings. The molecule has 0 spiro atoms. The molecule has 3 rings (SSSR count). The molecule has 18 nitrogen and oxygen atoms in total. The number of esters is 2. The zero-order valence-corrected chi connectivity index (χ0v) is 44.5. The summed E-state index contributed by atoms with van der Waals surface area (Å²) in [6.45, 7) is 16.4. The fraction of sp³-hybridized carbons (Fsp3) is 0.547. The topological polar surface area (TPSA) is 239 Å².